The van der Waals surface area contributed by atoms with Crippen molar-refractivity contribution in [1.29, 1.82) is 0 Å². The summed E-state index contributed by atoms with van der Waals surface area (Å²) in [5.41, 5.74) is 0.997. The quantitative estimate of drug-likeness (QED) is 0.298. The highest BCUT2D eigenvalue weighted by molar-refractivity contribution is 7.92. The van der Waals surface area contributed by atoms with Gasteiger partial charge in [0, 0.05) is 29.6 Å². The Bertz CT molecular complexity index is 1300. The number of carbonyl (C=O) groups is 1. The van der Waals surface area contributed by atoms with Crippen LogP contribution in [0.3, 0.4) is 0 Å². The van der Waals surface area contributed by atoms with Crippen molar-refractivity contribution in [2.24, 2.45) is 0 Å². The van der Waals surface area contributed by atoms with E-state index >= 15 is 0 Å². The SMILES string of the molecule is COc1cc(NS(=O)(=O)c2ccc(N/C=C/C(=O)c3ccc(OC)c(OC)c3)cc2)nc(OC)n1. The molecule has 0 aliphatic rings. The Balaban J connectivity index is 1.66. The van der Waals surface area contributed by atoms with Crippen molar-refractivity contribution >= 4 is 27.3 Å². The number of benzene rings is 2. The molecule has 12 heteroatoms. The van der Waals surface area contributed by atoms with Crippen molar-refractivity contribution in [1.82, 2.24) is 9.97 Å². The molecule has 0 atom stereocenters. The summed E-state index contributed by atoms with van der Waals surface area (Å²) in [6, 6.07) is 12.1. The lowest BCUT2D eigenvalue weighted by molar-refractivity contribution is 0.104. The van der Waals surface area contributed by atoms with E-state index in [0.717, 1.165) is 0 Å². The summed E-state index contributed by atoms with van der Waals surface area (Å²) < 4.78 is 48.1. The number of methoxy groups -OCH3 is 4. The predicted octanol–water partition coefficient (Wildman–Crippen LogP) is 3.12. The van der Waals surface area contributed by atoms with Gasteiger partial charge < -0.3 is 24.3 Å². The maximum absolute atomic E-state index is 12.7. The molecule has 35 heavy (non-hydrogen) atoms. The van der Waals surface area contributed by atoms with E-state index in [1.54, 1.807) is 30.3 Å². The van der Waals surface area contributed by atoms with Gasteiger partial charge in [0.25, 0.3) is 10.0 Å². The van der Waals surface area contributed by atoms with Crippen molar-refractivity contribution in [3.8, 4) is 23.4 Å². The molecule has 0 aliphatic heterocycles. The molecule has 0 saturated carbocycles. The number of nitrogens with zero attached hydrogens (tertiary/aromatic N) is 2. The normalized spacial score (nSPS) is 11.1. The van der Waals surface area contributed by atoms with Crippen LogP contribution in [0.5, 0.6) is 23.4 Å². The zero-order valence-corrected chi connectivity index (χ0v) is 20.3. The molecule has 184 valence electrons. The number of hydrogen-bond donors (Lipinski definition) is 2. The van der Waals surface area contributed by atoms with E-state index in [0.29, 0.717) is 22.7 Å². The third-order valence-electron chi connectivity index (χ3n) is 4.63. The van der Waals surface area contributed by atoms with Crippen LogP contribution in [0.2, 0.25) is 0 Å². The van der Waals surface area contributed by atoms with E-state index in [4.69, 9.17) is 18.9 Å². The first-order chi connectivity index (χ1) is 16.8. The van der Waals surface area contributed by atoms with E-state index in [9.17, 15) is 13.2 Å². The Morgan fingerprint density at radius 2 is 1.57 bits per heavy atom. The number of hydrogen-bond acceptors (Lipinski definition) is 10. The molecule has 1 aromatic heterocycles. The third-order valence-corrected chi connectivity index (χ3v) is 6.00. The monoisotopic (exact) mass is 500 g/mol. The van der Waals surface area contributed by atoms with Crippen LogP contribution in [-0.4, -0.2) is 52.6 Å². The number of ketones is 1. The average Bonchev–Trinajstić information content (AvgIpc) is 2.87. The minimum Gasteiger partial charge on any atom is -0.493 e. The summed E-state index contributed by atoms with van der Waals surface area (Å²) in [7, 11) is 1.81. The Labute approximate surface area is 202 Å². The molecule has 0 radical (unpaired) electrons. The van der Waals surface area contributed by atoms with Crippen molar-refractivity contribution in [2.75, 3.05) is 38.5 Å². The van der Waals surface area contributed by atoms with Gasteiger partial charge in [0.2, 0.25) is 5.88 Å². The molecule has 0 bridgehead atoms. The lowest BCUT2D eigenvalue weighted by Crippen LogP contribution is -2.14. The van der Waals surface area contributed by atoms with Crippen LogP contribution in [0.25, 0.3) is 0 Å². The number of aromatic nitrogens is 2. The van der Waals surface area contributed by atoms with Crippen LogP contribution in [-0.2, 0) is 10.0 Å². The van der Waals surface area contributed by atoms with Gasteiger partial charge in [0.15, 0.2) is 23.1 Å². The Morgan fingerprint density at radius 1 is 0.857 bits per heavy atom. The van der Waals surface area contributed by atoms with Crippen LogP contribution in [0.15, 0.2) is 65.7 Å². The van der Waals surface area contributed by atoms with E-state index in [-0.39, 0.29) is 28.4 Å². The van der Waals surface area contributed by atoms with Gasteiger partial charge in [0.1, 0.15) is 0 Å². The largest absolute Gasteiger partial charge is 0.493 e. The second-order valence-electron chi connectivity index (χ2n) is 6.82. The van der Waals surface area contributed by atoms with Gasteiger partial charge in [-0.1, -0.05) is 0 Å². The summed E-state index contributed by atoms with van der Waals surface area (Å²) >= 11 is 0. The highest BCUT2D eigenvalue weighted by Crippen LogP contribution is 2.28. The number of ether oxygens (including phenoxy) is 4. The zero-order valence-electron chi connectivity index (χ0n) is 19.4. The van der Waals surface area contributed by atoms with Crippen molar-refractivity contribution in [2.45, 2.75) is 4.90 Å². The first-order valence-electron chi connectivity index (χ1n) is 10.1. The van der Waals surface area contributed by atoms with E-state index in [1.807, 2.05) is 0 Å². The minimum atomic E-state index is -3.94. The van der Waals surface area contributed by atoms with Gasteiger partial charge in [-0.2, -0.15) is 9.97 Å². The Morgan fingerprint density at radius 3 is 2.20 bits per heavy atom. The maximum atomic E-state index is 12.7. The fraction of sp³-hybridized carbons (Fsp3) is 0.174. The Kier molecular flexibility index (Phi) is 8.10. The number of nitrogens with one attached hydrogen (secondary N) is 2. The number of rotatable bonds is 11. The number of carbonyl (C=O) groups excluding carboxylic acids is 1. The standard InChI is InChI=1S/C23H24N4O7S/c1-31-19-10-5-15(13-20(19)32-2)18(28)11-12-24-16-6-8-17(9-7-16)35(29,30)27-21-14-22(33-3)26-23(25-21)34-4/h5-14,24H,1-4H3,(H,25,26,27)/b12-11+. The lowest BCUT2D eigenvalue weighted by atomic mass is 10.1. The van der Waals surface area contributed by atoms with Crippen LogP contribution in [0.1, 0.15) is 10.4 Å². The zero-order chi connectivity index (χ0) is 25.4. The van der Waals surface area contributed by atoms with E-state index in [1.165, 1.54) is 58.9 Å². The summed E-state index contributed by atoms with van der Waals surface area (Å²) in [5, 5.41) is 2.93. The first kappa shape index (κ1) is 25.3. The maximum Gasteiger partial charge on any atom is 0.321 e. The molecule has 0 spiro atoms. The van der Waals surface area contributed by atoms with Crippen LogP contribution in [0.4, 0.5) is 11.5 Å². The molecule has 0 aliphatic carbocycles. The van der Waals surface area contributed by atoms with Crippen molar-refractivity contribution < 1.29 is 32.2 Å². The molecular weight excluding hydrogens is 476 g/mol. The minimum absolute atomic E-state index is 0.00461. The molecule has 11 nitrogen and oxygen atoms in total. The molecule has 2 aromatic carbocycles. The van der Waals surface area contributed by atoms with Crippen LogP contribution < -0.4 is 29.0 Å². The van der Waals surface area contributed by atoms with Crippen molar-refractivity contribution in [3.63, 3.8) is 0 Å². The van der Waals surface area contributed by atoms with Gasteiger partial charge in [-0.05, 0) is 42.5 Å². The lowest BCUT2D eigenvalue weighted by Gasteiger charge is -2.10. The fourth-order valence-corrected chi connectivity index (χ4v) is 3.87. The molecule has 1 heterocycles. The summed E-state index contributed by atoms with van der Waals surface area (Å²) in [6.45, 7) is 0. The summed E-state index contributed by atoms with van der Waals surface area (Å²) in [5.74, 6) is 0.853. The summed E-state index contributed by atoms with van der Waals surface area (Å²) in [6.07, 6.45) is 2.81. The van der Waals surface area contributed by atoms with Gasteiger partial charge in [0.05, 0.1) is 33.3 Å². The highest BCUT2D eigenvalue weighted by atomic mass is 32.2. The van der Waals surface area contributed by atoms with Gasteiger partial charge in [-0.15, -0.1) is 0 Å². The van der Waals surface area contributed by atoms with E-state index < -0.39 is 10.0 Å². The fourth-order valence-electron chi connectivity index (χ4n) is 2.88. The average molecular weight is 501 g/mol. The molecule has 2 N–H and O–H groups in total. The number of sulfonamides is 1. The number of anilines is 2. The molecular formula is C23H24N4O7S. The van der Waals surface area contributed by atoms with E-state index in [2.05, 4.69) is 20.0 Å². The first-order valence-corrected chi connectivity index (χ1v) is 11.6. The van der Waals surface area contributed by atoms with Gasteiger partial charge in [-0.3, -0.25) is 9.52 Å². The third kappa shape index (κ3) is 6.38. The molecule has 3 rings (SSSR count). The second-order valence-corrected chi connectivity index (χ2v) is 8.51. The van der Waals surface area contributed by atoms with Crippen molar-refractivity contribution in [3.05, 3.63) is 66.4 Å². The van der Waals surface area contributed by atoms with Gasteiger partial charge >= 0.3 is 6.01 Å². The van der Waals surface area contributed by atoms with Crippen LogP contribution in [0, 0.1) is 0 Å². The molecule has 0 unspecified atom stereocenters. The molecule has 3 aromatic rings. The second kappa shape index (κ2) is 11.2. The Hall–Kier alpha value is -4.32. The molecule has 0 amide bonds. The number of allylic oxidation sites excluding steroid dienone is 1. The molecule has 0 saturated heterocycles. The summed E-state index contributed by atoms with van der Waals surface area (Å²) in [4.78, 5) is 20.3. The molecule has 0 fully saturated rings. The van der Waals surface area contributed by atoms with Gasteiger partial charge in [-0.25, -0.2) is 8.42 Å². The smallest absolute Gasteiger partial charge is 0.321 e. The van der Waals surface area contributed by atoms with Crippen LogP contribution >= 0.6 is 0 Å². The highest BCUT2D eigenvalue weighted by Gasteiger charge is 2.17. The predicted molar refractivity (Wildman–Crippen MR) is 129 cm³/mol. The topological polar surface area (TPSA) is 138 Å².